The summed E-state index contributed by atoms with van der Waals surface area (Å²) >= 11 is 1.17. The maximum absolute atomic E-state index is 13.3. The first kappa shape index (κ1) is 20.7. The van der Waals surface area contributed by atoms with Crippen LogP contribution < -0.4 is 4.74 Å². The summed E-state index contributed by atoms with van der Waals surface area (Å²) < 4.78 is 34.0. The summed E-state index contributed by atoms with van der Waals surface area (Å²) in [6.45, 7) is 6.37. The van der Waals surface area contributed by atoms with Crippen LogP contribution >= 0.6 is 11.8 Å². The number of Topliss-reactive ketones (excluding diaryl/α,β-unsaturated/α-hetero) is 1. The van der Waals surface area contributed by atoms with Gasteiger partial charge in [-0.1, -0.05) is 30.0 Å². The summed E-state index contributed by atoms with van der Waals surface area (Å²) in [6, 6.07) is 10.8. The molecule has 0 saturated heterocycles. The van der Waals surface area contributed by atoms with Gasteiger partial charge >= 0.3 is 0 Å². The van der Waals surface area contributed by atoms with E-state index in [1.165, 1.54) is 17.8 Å². The Bertz CT molecular complexity index is 1040. The van der Waals surface area contributed by atoms with Crippen molar-refractivity contribution >= 4 is 17.5 Å². The molecule has 1 heterocycles. The van der Waals surface area contributed by atoms with Crippen LogP contribution in [0.25, 0.3) is 0 Å². The summed E-state index contributed by atoms with van der Waals surface area (Å²) in [6.07, 6.45) is 1.70. The number of hydrogen-bond donors (Lipinski definition) is 0. The Morgan fingerprint density at radius 3 is 2.76 bits per heavy atom. The van der Waals surface area contributed by atoms with Gasteiger partial charge in [0.05, 0.1) is 5.75 Å². The second-order valence-corrected chi connectivity index (χ2v) is 7.19. The van der Waals surface area contributed by atoms with Crippen molar-refractivity contribution in [3.05, 3.63) is 83.7 Å². The van der Waals surface area contributed by atoms with Crippen molar-refractivity contribution in [2.45, 2.75) is 25.2 Å². The van der Waals surface area contributed by atoms with Gasteiger partial charge < -0.3 is 4.74 Å². The van der Waals surface area contributed by atoms with Crippen LogP contribution in [0.1, 0.15) is 21.7 Å². The van der Waals surface area contributed by atoms with E-state index in [0.29, 0.717) is 17.5 Å². The summed E-state index contributed by atoms with van der Waals surface area (Å²) in [5, 5.41) is 8.79. The van der Waals surface area contributed by atoms with Gasteiger partial charge in [-0.15, -0.1) is 16.8 Å². The molecule has 0 aliphatic carbocycles. The molecule has 0 fully saturated rings. The molecule has 0 unspecified atom stereocenters. The topological polar surface area (TPSA) is 57.0 Å². The summed E-state index contributed by atoms with van der Waals surface area (Å²) in [5.74, 6) is -1.04. The van der Waals surface area contributed by atoms with E-state index in [-0.39, 0.29) is 23.7 Å². The van der Waals surface area contributed by atoms with Crippen LogP contribution in [0.3, 0.4) is 0 Å². The van der Waals surface area contributed by atoms with Crippen molar-refractivity contribution in [3.63, 3.8) is 0 Å². The molecule has 0 atom stereocenters. The predicted octanol–water partition coefficient (Wildman–Crippen LogP) is 4.60. The molecular weight excluding hydrogens is 396 g/mol. The summed E-state index contributed by atoms with van der Waals surface area (Å²) in [7, 11) is 0. The predicted molar refractivity (Wildman–Crippen MR) is 107 cm³/mol. The number of ether oxygens (including phenoxy) is 1. The van der Waals surface area contributed by atoms with E-state index in [1.54, 1.807) is 10.6 Å². The lowest BCUT2D eigenvalue weighted by atomic mass is 10.1. The third-order valence-electron chi connectivity index (χ3n) is 4.04. The molecule has 3 rings (SSSR count). The van der Waals surface area contributed by atoms with E-state index in [9.17, 15) is 13.6 Å². The van der Waals surface area contributed by atoms with E-state index < -0.39 is 11.6 Å². The molecule has 1 aromatic heterocycles. The zero-order valence-electron chi connectivity index (χ0n) is 15.8. The monoisotopic (exact) mass is 415 g/mol. The van der Waals surface area contributed by atoms with Crippen LogP contribution in [0.5, 0.6) is 5.75 Å². The fourth-order valence-corrected chi connectivity index (χ4v) is 3.44. The van der Waals surface area contributed by atoms with Gasteiger partial charge in [-0.05, 0) is 42.8 Å². The average molecular weight is 415 g/mol. The largest absolute Gasteiger partial charge is 0.486 e. The van der Waals surface area contributed by atoms with Crippen molar-refractivity contribution in [1.29, 1.82) is 0 Å². The molecule has 0 spiro atoms. The summed E-state index contributed by atoms with van der Waals surface area (Å²) in [5.41, 5.74) is 1.19. The van der Waals surface area contributed by atoms with E-state index in [1.807, 2.05) is 31.2 Å². The minimum absolute atomic E-state index is 0.0130. The first-order valence-corrected chi connectivity index (χ1v) is 9.80. The molecule has 0 radical (unpaired) electrons. The van der Waals surface area contributed by atoms with Gasteiger partial charge in [0, 0.05) is 12.1 Å². The van der Waals surface area contributed by atoms with Crippen molar-refractivity contribution in [3.8, 4) is 5.75 Å². The summed E-state index contributed by atoms with van der Waals surface area (Å²) in [4.78, 5) is 12.3. The van der Waals surface area contributed by atoms with E-state index in [4.69, 9.17) is 4.74 Å². The standard InChI is InChI=1S/C21H19F2N3O2S/c1-3-9-26-20(12-28-16-6-4-5-14(2)10-16)24-25-21(26)29-13-19(27)15-7-8-17(22)18(23)11-15/h3-8,10-11H,1,9,12-13H2,2H3. The normalized spacial score (nSPS) is 10.7. The lowest BCUT2D eigenvalue weighted by molar-refractivity contribution is 0.102. The molecule has 0 aliphatic heterocycles. The number of ketones is 1. The number of halogens is 2. The number of allylic oxidation sites excluding steroid dienone is 1. The number of rotatable bonds is 9. The van der Waals surface area contributed by atoms with Crippen LogP contribution in [0, 0.1) is 18.6 Å². The van der Waals surface area contributed by atoms with E-state index in [0.717, 1.165) is 23.4 Å². The maximum atomic E-state index is 13.3. The van der Waals surface area contributed by atoms with Crippen molar-refractivity contribution < 1.29 is 18.3 Å². The molecule has 0 aliphatic rings. The van der Waals surface area contributed by atoms with Gasteiger partial charge in [0.15, 0.2) is 28.4 Å². The maximum Gasteiger partial charge on any atom is 0.192 e. The minimum Gasteiger partial charge on any atom is -0.486 e. The van der Waals surface area contributed by atoms with Crippen LogP contribution in [0.2, 0.25) is 0 Å². The fraction of sp³-hybridized carbons (Fsp3) is 0.190. The van der Waals surface area contributed by atoms with Gasteiger partial charge in [-0.2, -0.15) is 0 Å². The third kappa shape index (κ3) is 5.29. The van der Waals surface area contributed by atoms with Crippen molar-refractivity contribution in [1.82, 2.24) is 14.8 Å². The Labute approximate surface area is 171 Å². The van der Waals surface area contributed by atoms with Crippen LogP contribution in [-0.2, 0) is 13.2 Å². The molecule has 0 amide bonds. The molecule has 5 nitrogen and oxygen atoms in total. The third-order valence-corrected chi connectivity index (χ3v) is 5.00. The van der Waals surface area contributed by atoms with E-state index in [2.05, 4.69) is 16.8 Å². The zero-order valence-corrected chi connectivity index (χ0v) is 16.6. The molecule has 2 aromatic carbocycles. The van der Waals surface area contributed by atoms with Gasteiger partial charge in [0.25, 0.3) is 0 Å². The molecular formula is C21H19F2N3O2S. The molecule has 0 bridgehead atoms. The number of carbonyl (C=O) groups excluding carboxylic acids is 1. The number of aryl methyl sites for hydroxylation is 1. The van der Waals surface area contributed by atoms with Gasteiger partial charge in [0.2, 0.25) is 0 Å². The first-order valence-electron chi connectivity index (χ1n) is 8.81. The van der Waals surface area contributed by atoms with Crippen LogP contribution in [-0.4, -0.2) is 26.3 Å². The number of benzene rings is 2. The number of carbonyl (C=O) groups is 1. The van der Waals surface area contributed by atoms with Crippen molar-refractivity contribution in [2.24, 2.45) is 0 Å². The molecule has 0 saturated carbocycles. The average Bonchev–Trinajstić information content (AvgIpc) is 3.08. The SMILES string of the molecule is C=CCn1c(COc2cccc(C)c2)nnc1SCC(=O)c1ccc(F)c(F)c1. The van der Waals surface area contributed by atoms with Gasteiger partial charge in [0.1, 0.15) is 12.4 Å². The highest BCUT2D eigenvalue weighted by molar-refractivity contribution is 7.99. The quantitative estimate of drug-likeness (QED) is 0.290. The molecule has 0 N–H and O–H groups in total. The molecule has 29 heavy (non-hydrogen) atoms. The lowest BCUT2D eigenvalue weighted by Gasteiger charge is -2.09. The molecule has 8 heteroatoms. The fourth-order valence-electron chi connectivity index (χ4n) is 2.58. The smallest absolute Gasteiger partial charge is 0.192 e. The Morgan fingerprint density at radius 1 is 1.21 bits per heavy atom. The Hall–Kier alpha value is -3.00. The number of thioether (sulfide) groups is 1. The molecule has 150 valence electrons. The van der Waals surface area contributed by atoms with Crippen molar-refractivity contribution in [2.75, 3.05) is 5.75 Å². The van der Waals surface area contributed by atoms with Gasteiger partial charge in [-0.25, -0.2) is 8.78 Å². The zero-order chi connectivity index (χ0) is 20.8. The second kappa shape index (κ2) is 9.47. The minimum atomic E-state index is -1.05. The number of nitrogens with zero attached hydrogens (tertiary/aromatic N) is 3. The highest BCUT2D eigenvalue weighted by Gasteiger charge is 2.16. The van der Waals surface area contributed by atoms with Crippen LogP contribution in [0.4, 0.5) is 8.78 Å². The lowest BCUT2D eigenvalue weighted by Crippen LogP contribution is -2.09. The highest BCUT2D eigenvalue weighted by atomic mass is 32.2. The van der Waals surface area contributed by atoms with E-state index >= 15 is 0 Å². The molecule has 3 aromatic rings. The first-order chi connectivity index (χ1) is 14.0. The Balaban J connectivity index is 1.68. The second-order valence-electron chi connectivity index (χ2n) is 6.24. The Kier molecular flexibility index (Phi) is 6.77. The van der Waals surface area contributed by atoms with Gasteiger partial charge in [-0.3, -0.25) is 9.36 Å². The van der Waals surface area contributed by atoms with Crippen LogP contribution in [0.15, 0.2) is 60.3 Å². The number of hydrogen-bond acceptors (Lipinski definition) is 5. The Morgan fingerprint density at radius 2 is 2.03 bits per heavy atom. The number of aromatic nitrogens is 3. The highest BCUT2D eigenvalue weighted by Crippen LogP contribution is 2.21.